The normalized spacial score (nSPS) is 10.5. The van der Waals surface area contributed by atoms with E-state index in [2.05, 4.69) is 19.2 Å². The van der Waals surface area contributed by atoms with Crippen molar-refractivity contribution in [1.29, 1.82) is 0 Å². The van der Waals surface area contributed by atoms with E-state index in [0.717, 1.165) is 11.3 Å². The molecule has 21 heavy (non-hydrogen) atoms. The molecule has 0 bridgehead atoms. The first-order chi connectivity index (χ1) is 10.1. The summed E-state index contributed by atoms with van der Waals surface area (Å²) in [5.41, 5.74) is 1.75. The Bertz CT molecular complexity index is 599. The second kappa shape index (κ2) is 6.97. The number of hydrogen-bond acceptors (Lipinski definition) is 3. The molecule has 2 rings (SSSR count). The number of hydrogen-bond donors (Lipinski definition) is 1. The summed E-state index contributed by atoms with van der Waals surface area (Å²) in [4.78, 5) is 0. The highest BCUT2D eigenvalue weighted by molar-refractivity contribution is 5.55. The van der Waals surface area contributed by atoms with Gasteiger partial charge in [0.05, 0.1) is 7.11 Å². The predicted octanol–water partition coefficient (Wildman–Crippen LogP) is 4.23. The fourth-order valence-electron chi connectivity index (χ4n) is 2.00. The number of nitrogens with one attached hydrogen (secondary N) is 1. The molecule has 2 aromatic rings. The van der Waals surface area contributed by atoms with Crippen molar-refractivity contribution in [2.45, 2.75) is 26.5 Å². The van der Waals surface area contributed by atoms with Crippen LogP contribution >= 0.6 is 0 Å². The molecule has 4 heteroatoms. The summed E-state index contributed by atoms with van der Waals surface area (Å²) in [6.07, 6.45) is 0. The number of ether oxygens (including phenoxy) is 2. The van der Waals surface area contributed by atoms with Crippen molar-refractivity contribution in [3.63, 3.8) is 0 Å². The maximum Gasteiger partial charge on any atom is 0.162 e. The van der Waals surface area contributed by atoms with Gasteiger partial charge in [-0.25, -0.2) is 4.39 Å². The molecule has 3 nitrogen and oxygen atoms in total. The van der Waals surface area contributed by atoms with E-state index >= 15 is 0 Å². The molecule has 0 atom stereocenters. The van der Waals surface area contributed by atoms with E-state index in [0.29, 0.717) is 24.1 Å². The lowest BCUT2D eigenvalue weighted by molar-refractivity contribution is 0.284. The van der Waals surface area contributed by atoms with Gasteiger partial charge in [-0.1, -0.05) is 12.1 Å². The van der Waals surface area contributed by atoms with Gasteiger partial charge >= 0.3 is 0 Å². The Balaban J connectivity index is 2.09. The third-order valence-corrected chi connectivity index (χ3v) is 2.90. The van der Waals surface area contributed by atoms with Gasteiger partial charge in [-0.3, -0.25) is 0 Å². The molecule has 0 spiro atoms. The number of halogens is 1. The predicted molar refractivity (Wildman–Crippen MR) is 82.5 cm³/mol. The van der Waals surface area contributed by atoms with Gasteiger partial charge in [0.2, 0.25) is 0 Å². The summed E-state index contributed by atoms with van der Waals surface area (Å²) < 4.78 is 24.2. The summed E-state index contributed by atoms with van der Waals surface area (Å²) in [6.45, 7) is 4.44. The lowest BCUT2D eigenvalue weighted by Gasteiger charge is -2.14. The summed E-state index contributed by atoms with van der Waals surface area (Å²) in [5.74, 6) is 1.02. The zero-order valence-corrected chi connectivity index (χ0v) is 12.5. The molecular formula is C17H20FNO2. The molecule has 0 saturated heterocycles. The average Bonchev–Trinajstić information content (AvgIpc) is 2.45. The van der Waals surface area contributed by atoms with E-state index in [1.807, 2.05) is 24.3 Å². The SMILES string of the molecule is COc1cc(NC(C)C)ccc1OCc1cccc(F)c1. The van der Waals surface area contributed by atoms with Crippen LogP contribution in [-0.2, 0) is 6.61 Å². The lowest BCUT2D eigenvalue weighted by Crippen LogP contribution is -2.09. The average molecular weight is 289 g/mol. The molecule has 0 aliphatic heterocycles. The van der Waals surface area contributed by atoms with Gasteiger partial charge in [0.25, 0.3) is 0 Å². The number of rotatable bonds is 6. The Morgan fingerprint density at radius 1 is 1.10 bits per heavy atom. The maximum atomic E-state index is 13.1. The molecule has 0 aliphatic rings. The summed E-state index contributed by atoms with van der Waals surface area (Å²) in [5, 5.41) is 3.30. The summed E-state index contributed by atoms with van der Waals surface area (Å²) >= 11 is 0. The van der Waals surface area contributed by atoms with Crippen molar-refractivity contribution >= 4 is 5.69 Å². The molecule has 0 aromatic heterocycles. The first-order valence-electron chi connectivity index (χ1n) is 6.90. The zero-order valence-electron chi connectivity index (χ0n) is 12.5. The van der Waals surface area contributed by atoms with Crippen LogP contribution in [0.2, 0.25) is 0 Å². The van der Waals surface area contributed by atoms with E-state index in [-0.39, 0.29) is 5.82 Å². The highest BCUT2D eigenvalue weighted by Crippen LogP contribution is 2.31. The van der Waals surface area contributed by atoms with Crippen LogP contribution in [0.4, 0.5) is 10.1 Å². The fraction of sp³-hybridized carbons (Fsp3) is 0.294. The monoisotopic (exact) mass is 289 g/mol. The number of methoxy groups -OCH3 is 1. The molecule has 1 N–H and O–H groups in total. The molecule has 0 radical (unpaired) electrons. The quantitative estimate of drug-likeness (QED) is 0.863. The zero-order chi connectivity index (χ0) is 15.2. The Morgan fingerprint density at radius 3 is 2.57 bits per heavy atom. The molecule has 112 valence electrons. The first kappa shape index (κ1) is 15.2. The molecule has 0 amide bonds. The van der Waals surface area contributed by atoms with Gasteiger partial charge in [0.15, 0.2) is 11.5 Å². The highest BCUT2D eigenvalue weighted by Gasteiger charge is 2.07. The van der Waals surface area contributed by atoms with Crippen LogP contribution in [0.5, 0.6) is 11.5 Å². The minimum Gasteiger partial charge on any atom is -0.493 e. The van der Waals surface area contributed by atoms with Gasteiger partial charge in [0.1, 0.15) is 12.4 Å². The Hall–Kier alpha value is -2.23. The number of benzene rings is 2. The molecule has 0 saturated carbocycles. The van der Waals surface area contributed by atoms with E-state index in [1.54, 1.807) is 13.2 Å². The molecule has 0 aliphatic carbocycles. The molecule has 0 heterocycles. The smallest absolute Gasteiger partial charge is 0.162 e. The number of anilines is 1. The topological polar surface area (TPSA) is 30.5 Å². The van der Waals surface area contributed by atoms with Gasteiger partial charge in [-0.2, -0.15) is 0 Å². The summed E-state index contributed by atoms with van der Waals surface area (Å²) in [6, 6.07) is 12.4. The summed E-state index contributed by atoms with van der Waals surface area (Å²) in [7, 11) is 1.60. The Labute approximate surface area is 124 Å². The van der Waals surface area contributed by atoms with Crippen LogP contribution in [0.25, 0.3) is 0 Å². The van der Waals surface area contributed by atoms with E-state index < -0.39 is 0 Å². The molecular weight excluding hydrogens is 269 g/mol. The van der Waals surface area contributed by atoms with Crippen LogP contribution in [0.3, 0.4) is 0 Å². The lowest BCUT2D eigenvalue weighted by atomic mass is 10.2. The van der Waals surface area contributed by atoms with Crippen molar-refractivity contribution in [2.24, 2.45) is 0 Å². The van der Waals surface area contributed by atoms with Gasteiger partial charge in [-0.05, 0) is 43.7 Å². The second-order valence-electron chi connectivity index (χ2n) is 5.08. The van der Waals surface area contributed by atoms with Crippen LogP contribution in [0.15, 0.2) is 42.5 Å². The van der Waals surface area contributed by atoms with E-state index in [9.17, 15) is 4.39 Å². The third-order valence-electron chi connectivity index (χ3n) is 2.90. The largest absolute Gasteiger partial charge is 0.493 e. The van der Waals surface area contributed by atoms with Crippen molar-refractivity contribution in [1.82, 2.24) is 0 Å². The minimum absolute atomic E-state index is 0.264. The third kappa shape index (κ3) is 4.38. The van der Waals surface area contributed by atoms with Crippen LogP contribution < -0.4 is 14.8 Å². The molecule has 0 fully saturated rings. The van der Waals surface area contributed by atoms with Crippen molar-refractivity contribution in [3.05, 3.63) is 53.8 Å². The molecule has 2 aromatic carbocycles. The maximum absolute atomic E-state index is 13.1. The second-order valence-corrected chi connectivity index (χ2v) is 5.08. The van der Waals surface area contributed by atoms with E-state index in [4.69, 9.17) is 9.47 Å². The van der Waals surface area contributed by atoms with Gasteiger partial charge in [-0.15, -0.1) is 0 Å². The van der Waals surface area contributed by atoms with Gasteiger partial charge in [0, 0.05) is 17.8 Å². The first-order valence-corrected chi connectivity index (χ1v) is 6.90. The van der Waals surface area contributed by atoms with Crippen molar-refractivity contribution < 1.29 is 13.9 Å². The van der Waals surface area contributed by atoms with Crippen LogP contribution in [-0.4, -0.2) is 13.2 Å². The minimum atomic E-state index is -0.264. The fourth-order valence-corrected chi connectivity index (χ4v) is 2.00. The standard InChI is InChI=1S/C17H20FNO2/c1-12(2)19-15-7-8-16(17(10-15)20-3)21-11-13-5-4-6-14(18)9-13/h4-10,12,19H,11H2,1-3H3. The van der Waals surface area contributed by atoms with Crippen LogP contribution in [0.1, 0.15) is 19.4 Å². The van der Waals surface area contributed by atoms with Crippen LogP contribution in [0, 0.1) is 5.82 Å². The van der Waals surface area contributed by atoms with Gasteiger partial charge < -0.3 is 14.8 Å². The Kier molecular flexibility index (Phi) is 5.04. The molecule has 0 unspecified atom stereocenters. The van der Waals surface area contributed by atoms with Crippen molar-refractivity contribution in [3.8, 4) is 11.5 Å². The van der Waals surface area contributed by atoms with Crippen molar-refractivity contribution in [2.75, 3.05) is 12.4 Å². The van der Waals surface area contributed by atoms with E-state index in [1.165, 1.54) is 12.1 Å². The Morgan fingerprint density at radius 2 is 1.90 bits per heavy atom. The highest BCUT2D eigenvalue weighted by atomic mass is 19.1.